The second-order valence-electron chi connectivity index (χ2n) is 12.5. The molecule has 0 saturated carbocycles. The maximum Gasteiger partial charge on any atom is 0.318 e. The van der Waals surface area contributed by atoms with E-state index in [1.165, 1.54) is 12.3 Å². The van der Waals surface area contributed by atoms with Crippen LogP contribution in [0.1, 0.15) is 50.5 Å². The van der Waals surface area contributed by atoms with Crippen LogP contribution < -0.4 is 4.90 Å². The number of piperidine rings is 2. The summed E-state index contributed by atoms with van der Waals surface area (Å²) >= 11 is 19.9. The van der Waals surface area contributed by atoms with E-state index in [2.05, 4.69) is 41.7 Å². The molecule has 0 aliphatic carbocycles. The summed E-state index contributed by atoms with van der Waals surface area (Å²) in [5.74, 6) is 0.528. The lowest BCUT2D eigenvalue weighted by molar-refractivity contribution is -0.137. The molecule has 1 aromatic carbocycles. The van der Waals surface area contributed by atoms with Crippen molar-refractivity contribution in [1.29, 1.82) is 0 Å². The number of carbonyl (C=O) groups is 1. The molecule has 17 heteroatoms. The van der Waals surface area contributed by atoms with Crippen molar-refractivity contribution in [2.75, 3.05) is 44.2 Å². The standard InChI is InChI=1S/C32H38Br2Cl2N4O6S3/c33-27-18-26(48(43,44)40(21-30(41)42)17-12-24-4-6-25(35)7-5-24)20-37-31(27)38-13-8-22(9-14-38)2-1-3-23-10-15-39(16-11-23)49(45,46)32-28(34)19-29(36)47-32/h4-7,18-20,22-23H,1-3,8-17,21H2,(H,41,42). The number of pyridine rings is 1. The van der Waals surface area contributed by atoms with Crippen LogP contribution in [0, 0.1) is 11.8 Å². The minimum atomic E-state index is -4.12. The van der Waals surface area contributed by atoms with E-state index in [9.17, 15) is 26.7 Å². The normalized spacial score (nSPS) is 17.2. The third-order valence-electron chi connectivity index (χ3n) is 9.22. The van der Waals surface area contributed by atoms with Gasteiger partial charge in [0.2, 0.25) is 10.0 Å². The van der Waals surface area contributed by atoms with Crippen molar-refractivity contribution in [3.63, 3.8) is 0 Å². The Bertz CT molecular complexity index is 1830. The number of sulfonamides is 2. The molecule has 2 fully saturated rings. The lowest BCUT2D eigenvalue weighted by atomic mass is 9.87. The first-order valence-electron chi connectivity index (χ1n) is 16.1. The third kappa shape index (κ3) is 9.98. The summed E-state index contributed by atoms with van der Waals surface area (Å²) < 4.78 is 57.5. The highest BCUT2D eigenvalue weighted by Gasteiger charge is 2.33. The number of thiophene rings is 1. The van der Waals surface area contributed by atoms with Crippen LogP contribution in [0.15, 0.2) is 60.6 Å². The van der Waals surface area contributed by atoms with Crippen molar-refractivity contribution in [2.45, 2.75) is 60.5 Å². The Morgan fingerprint density at radius 1 is 0.939 bits per heavy atom. The molecular formula is C32H38Br2Cl2N4O6S3. The molecule has 2 aliphatic rings. The van der Waals surface area contributed by atoms with Crippen LogP contribution in [0.4, 0.5) is 5.82 Å². The van der Waals surface area contributed by atoms with Gasteiger partial charge >= 0.3 is 5.97 Å². The van der Waals surface area contributed by atoms with E-state index in [0.717, 1.165) is 79.2 Å². The molecule has 10 nitrogen and oxygen atoms in total. The minimum absolute atomic E-state index is 0.00623. The number of hydrogen-bond acceptors (Lipinski definition) is 8. The lowest BCUT2D eigenvalue weighted by Gasteiger charge is -2.34. The summed E-state index contributed by atoms with van der Waals surface area (Å²) in [4.78, 5) is 18.2. The number of halogens is 4. The first-order chi connectivity index (χ1) is 23.2. The largest absolute Gasteiger partial charge is 0.480 e. The molecule has 5 rings (SSSR count). The fraction of sp³-hybridized carbons (Fsp3) is 0.500. The highest BCUT2D eigenvalue weighted by Crippen LogP contribution is 2.38. The monoisotopic (exact) mass is 898 g/mol. The van der Waals surface area contributed by atoms with E-state index in [1.807, 2.05) is 0 Å². The number of rotatable bonds is 14. The molecule has 268 valence electrons. The van der Waals surface area contributed by atoms with Gasteiger partial charge in [-0.15, -0.1) is 11.3 Å². The molecule has 0 bridgehead atoms. The van der Waals surface area contributed by atoms with Crippen molar-refractivity contribution < 1.29 is 26.7 Å². The summed E-state index contributed by atoms with van der Waals surface area (Å²) in [5.41, 5.74) is 0.844. The molecule has 2 aliphatic heterocycles. The third-order valence-corrected chi connectivity index (χ3v) is 16.7. The van der Waals surface area contributed by atoms with E-state index < -0.39 is 32.6 Å². The molecule has 3 aromatic rings. The molecular weight excluding hydrogens is 863 g/mol. The maximum absolute atomic E-state index is 13.5. The SMILES string of the molecule is O=C(O)CN(CCc1ccc(Cl)cc1)S(=O)(=O)c1cnc(N2CCC(CCCC3CCN(S(=O)(=O)c4sc(Cl)cc4Br)CC3)CC2)c(Br)c1. The molecule has 49 heavy (non-hydrogen) atoms. The number of aliphatic carboxylic acids is 1. The van der Waals surface area contributed by atoms with Crippen molar-refractivity contribution in [3.8, 4) is 0 Å². The van der Waals surface area contributed by atoms with Crippen molar-refractivity contribution in [3.05, 3.63) is 66.5 Å². The molecule has 0 spiro atoms. The van der Waals surface area contributed by atoms with Crippen LogP contribution in [-0.2, 0) is 31.3 Å². The quantitative estimate of drug-likeness (QED) is 0.174. The summed E-state index contributed by atoms with van der Waals surface area (Å²) in [7, 11) is -7.67. The van der Waals surface area contributed by atoms with Crippen LogP contribution in [-0.4, -0.2) is 80.8 Å². The second-order valence-corrected chi connectivity index (χ2v) is 20.4. The van der Waals surface area contributed by atoms with Crippen LogP contribution in [0.2, 0.25) is 9.36 Å². The van der Waals surface area contributed by atoms with E-state index in [0.29, 0.717) is 55.5 Å². The number of carboxylic acids is 1. The van der Waals surface area contributed by atoms with Gasteiger partial charge in [0.25, 0.3) is 10.0 Å². The predicted molar refractivity (Wildman–Crippen MR) is 201 cm³/mol. The zero-order valence-electron chi connectivity index (χ0n) is 26.6. The number of benzene rings is 1. The Balaban J connectivity index is 1.08. The predicted octanol–water partition coefficient (Wildman–Crippen LogP) is 7.78. The van der Waals surface area contributed by atoms with Gasteiger partial charge < -0.3 is 10.0 Å². The summed E-state index contributed by atoms with van der Waals surface area (Å²) in [6.45, 7) is 1.98. The Hall–Kier alpha value is -1.30. The molecule has 4 heterocycles. The lowest BCUT2D eigenvalue weighted by Crippen LogP contribution is -2.38. The molecule has 0 amide bonds. The van der Waals surface area contributed by atoms with Crippen LogP contribution >= 0.6 is 66.4 Å². The topological polar surface area (TPSA) is 128 Å². The first-order valence-corrected chi connectivity index (χ1v) is 22.1. The molecule has 2 saturated heterocycles. The van der Waals surface area contributed by atoms with Gasteiger partial charge in [-0.1, -0.05) is 54.6 Å². The Morgan fingerprint density at radius 2 is 1.55 bits per heavy atom. The molecule has 1 N–H and O–H groups in total. The number of anilines is 1. The number of nitrogens with zero attached hydrogens (tertiary/aromatic N) is 4. The average molecular weight is 902 g/mol. The van der Waals surface area contributed by atoms with Crippen molar-refractivity contribution in [2.24, 2.45) is 11.8 Å². The van der Waals surface area contributed by atoms with Gasteiger partial charge in [-0.3, -0.25) is 4.79 Å². The van der Waals surface area contributed by atoms with Gasteiger partial charge in [-0.05, 0) is 106 Å². The van der Waals surface area contributed by atoms with E-state index in [1.54, 1.807) is 34.6 Å². The second kappa shape index (κ2) is 17.0. The average Bonchev–Trinajstić information content (AvgIpc) is 3.42. The molecule has 2 aromatic heterocycles. The highest BCUT2D eigenvalue weighted by atomic mass is 79.9. The Morgan fingerprint density at radius 3 is 2.10 bits per heavy atom. The Kier molecular flexibility index (Phi) is 13.5. The first kappa shape index (κ1) is 38.9. The fourth-order valence-corrected chi connectivity index (χ4v) is 13.3. The zero-order chi connectivity index (χ0) is 35.3. The number of carboxylic acid groups (broad SMARTS) is 1. The van der Waals surface area contributed by atoms with Gasteiger partial charge in [0.05, 0.1) is 13.3 Å². The van der Waals surface area contributed by atoms with Crippen LogP contribution in [0.3, 0.4) is 0 Å². The molecule has 0 radical (unpaired) electrons. The van der Waals surface area contributed by atoms with Gasteiger partial charge in [0.15, 0.2) is 4.21 Å². The van der Waals surface area contributed by atoms with E-state index in [-0.39, 0.29) is 15.6 Å². The number of hydrogen-bond donors (Lipinski definition) is 1. The molecule has 0 atom stereocenters. The summed E-state index contributed by atoms with van der Waals surface area (Å²) in [5, 5.41) is 10.0. The van der Waals surface area contributed by atoms with E-state index in [4.69, 9.17) is 23.2 Å². The van der Waals surface area contributed by atoms with Crippen LogP contribution in [0.5, 0.6) is 0 Å². The van der Waals surface area contributed by atoms with Crippen molar-refractivity contribution in [1.82, 2.24) is 13.6 Å². The summed E-state index contributed by atoms with van der Waals surface area (Å²) in [6.07, 6.45) is 8.67. The van der Waals surface area contributed by atoms with Gasteiger partial charge in [-0.25, -0.2) is 21.8 Å². The number of aromatic nitrogens is 1. The summed E-state index contributed by atoms with van der Waals surface area (Å²) in [6, 6.07) is 10.1. The van der Waals surface area contributed by atoms with Gasteiger partial charge in [-0.2, -0.15) is 8.61 Å². The Labute approximate surface area is 319 Å². The fourth-order valence-electron chi connectivity index (χ4n) is 6.46. The maximum atomic E-state index is 13.5. The van der Waals surface area contributed by atoms with Crippen molar-refractivity contribution >= 4 is 98.2 Å². The molecule has 0 unspecified atom stereocenters. The smallest absolute Gasteiger partial charge is 0.318 e. The minimum Gasteiger partial charge on any atom is -0.480 e. The zero-order valence-corrected chi connectivity index (χ0v) is 33.7. The van der Waals surface area contributed by atoms with Gasteiger partial charge in [0, 0.05) is 43.9 Å². The highest BCUT2D eigenvalue weighted by molar-refractivity contribution is 9.11. The van der Waals surface area contributed by atoms with Crippen LogP contribution in [0.25, 0.3) is 0 Å². The van der Waals surface area contributed by atoms with Gasteiger partial charge in [0.1, 0.15) is 17.3 Å². The van der Waals surface area contributed by atoms with E-state index >= 15 is 0 Å².